The summed E-state index contributed by atoms with van der Waals surface area (Å²) in [4.78, 5) is 0. The fourth-order valence-electron chi connectivity index (χ4n) is 1.98. The van der Waals surface area contributed by atoms with E-state index in [0.29, 0.717) is 6.54 Å². The van der Waals surface area contributed by atoms with Crippen LogP contribution in [-0.4, -0.2) is 31.1 Å². The van der Waals surface area contributed by atoms with Crippen LogP contribution < -0.4 is 0 Å². The molecule has 0 aromatic rings. The summed E-state index contributed by atoms with van der Waals surface area (Å²) >= 11 is 0. The van der Waals surface area contributed by atoms with Crippen molar-refractivity contribution in [2.24, 2.45) is 0 Å². The van der Waals surface area contributed by atoms with Crippen LogP contribution in [0.25, 0.3) is 0 Å². The molecular weight excluding hydrogens is 198 g/mol. The van der Waals surface area contributed by atoms with Crippen LogP contribution in [0.15, 0.2) is 12.7 Å². The maximum Gasteiger partial charge on any atom is 0.214 e. The Morgan fingerprint density at radius 2 is 2.00 bits per heavy atom. The molecule has 82 valence electrons. The molecule has 4 heteroatoms. The van der Waals surface area contributed by atoms with Crippen molar-refractivity contribution in [2.45, 2.75) is 38.6 Å². The summed E-state index contributed by atoms with van der Waals surface area (Å²) in [7, 11) is -3.04. The second-order valence-electron chi connectivity index (χ2n) is 3.70. The standard InChI is InChI=1S/C10H19NO2S/c1-3-9-11(14(12,13)4-2)10-7-5-6-8-10/h3,10H,1,4-9H2,2H3. The van der Waals surface area contributed by atoms with Crippen LogP contribution in [-0.2, 0) is 10.0 Å². The molecule has 1 aliphatic rings. The molecule has 0 saturated heterocycles. The van der Waals surface area contributed by atoms with Crippen LogP contribution in [0.4, 0.5) is 0 Å². The Labute approximate surface area is 86.8 Å². The van der Waals surface area contributed by atoms with Gasteiger partial charge in [-0.1, -0.05) is 18.9 Å². The molecular formula is C10H19NO2S. The maximum absolute atomic E-state index is 11.8. The van der Waals surface area contributed by atoms with Gasteiger partial charge in [0.1, 0.15) is 0 Å². The highest BCUT2D eigenvalue weighted by Crippen LogP contribution is 2.25. The lowest BCUT2D eigenvalue weighted by Crippen LogP contribution is -2.39. The number of nitrogens with zero attached hydrogens (tertiary/aromatic N) is 1. The van der Waals surface area contributed by atoms with Gasteiger partial charge in [-0.05, 0) is 19.8 Å². The van der Waals surface area contributed by atoms with Gasteiger partial charge in [-0.15, -0.1) is 6.58 Å². The zero-order valence-corrected chi connectivity index (χ0v) is 9.59. The largest absolute Gasteiger partial charge is 0.214 e. The van der Waals surface area contributed by atoms with Gasteiger partial charge in [0, 0.05) is 12.6 Å². The number of hydrogen-bond donors (Lipinski definition) is 0. The van der Waals surface area contributed by atoms with Crippen molar-refractivity contribution < 1.29 is 8.42 Å². The number of sulfonamides is 1. The van der Waals surface area contributed by atoms with Gasteiger partial charge < -0.3 is 0 Å². The highest BCUT2D eigenvalue weighted by atomic mass is 32.2. The molecule has 0 radical (unpaired) electrons. The van der Waals surface area contributed by atoms with Crippen LogP contribution in [0.2, 0.25) is 0 Å². The van der Waals surface area contributed by atoms with E-state index in [0.717, 1.165) is 25.7 Å². The predicted octanol–water partition coefficient (Wildman–Crippen LogP) is 1.77. The average Bonchev–Trinajstić information content (AvgIpc) is 2.66. The number of hydrogen-bond acceptors (Lipinski definition) is 2. The highest BCUT2D eigenvalue weighted by Gasteiger charge is 2.29. The van der Waals surface area contributed by atoms with Gasteiger partial charge in [0.05, 0.1) is 5.75 Å². The zero-order valence-electron chi connectivity index (χ0n) is 8.78. The van der Waals surface area contributed by atoms with Crippen LogP contribution in [0.5, 0.6) is 0 Å². The second kappa shape index (κ2) is 4.94. The molecule has 0 aromatic heterocycles. The smallest absolute Gasteiger partial charge is 0.212 e. The Hall–Kier alpha value is -0.350. The molecule has 0 unspecified atom stereocenters. The minimum Gasteiger partial charge on any atom is -0.212 e. The van der Waals surface area contributed by atoms with Crippen molar-refractivity contribution in [3.63, 3.8) is 0 Å². The Morgan fingerprint density at radius 1 is 1.43 bits per heavy atom. The van der Waals surface area contributed by atoms with Gasteiger partial charge in [-0.2, -0.15) is 4.31 Å². The molecule has 1 aliphatic carbocycles. The molecule has 1 saturated carbocycles. The third-order valence-electron chi connectivity index (χ3n) is 2.76. The fourth-order valence-corrected chi connectivity index (χ4v) is 3.30. The topological polar surface area (TPSA) is 37.4 Å². The van der Waals surface area contributed by atoms with E-state index in [1.807, 2.05) is 0 Å². The molecule has 0 aliphatic heterocycles. The summed E-state index contributed by atoms with van der Waals surface area (Å²) in [6.07, 6.45) is 5.99. The van der Waals surface area contributed by atoms with E-state index in [-0.39, 0.29) is 11.8 Å². The summed E-state index contributed by atoms with van der Waals surface area (Å²) in [5.74, 6) is 0.192. The van der Waals surface area contributed by atoms with Gasteiger partial charge in [0.2, 0.25) is 10.0 Å². The molecule has 1 rings (SSSR count). The first-order valence-corrected chi connectivity index (χ1v) is 6.83. The predicted molar refractivity (Wildman–Crippen MR) is 58.6 cm³/mol. The van der Waals surface area contributed by atoms with Gasteiger partial charge >= 0.3 is 0 Å². The normalized spacial score (nSPS) is 19.0. The van der Waals surface area contributed by atoms with Crippen molar-refractivity contribution >= 4 is 10.0 Å². The lowest BCUT2D eigenvalue weighted by molar-refractivity contribution is 0.348. The van der Waals surface area contributed by atoms with Crippen molar-refractivity contribution in [1.82, 2.24) is 4.31 Å². The first-order chi connectivity index (χ1) is 6.61. The first kappa shape index (κ1) is 11.7. The molecule has 0 N–H and O–H groups in total. The van der Waals surface area contributed by atoms with E-state index in [1.54, 1.807) is 17.3 Å². The Morgan fingerprint density at radius 3 is 2.43 bits per heavy atom. The van der Waals surface area contributed by atoms with Crippen molar-refractivity contribution in [1.29, 1.82) is 0 Å². The SMILES string of the molecule is C=CCN(C1CCCC1)S(=O)(=O)CC. The van der Waals surface area contributed by atoms with Crippen molar-refractivity contribution in [3.8, 4) is 0 Å². The van der Waals surface area contributed by atoms with Crippen molar-refractivity contribution in [2.75, 3.05) is 12.3 Å². The minimum absolute atomic E-state index is 0.192. The fraction of sp³-hybridized carbons (Fsp3) is 0.800. The maximum atomic E-state index is 11.8. The summed E-state index contributed by atoms with van der Waals surface area (Å²) < 4.78 is 25.1. The van der Waals surface area contributed by atoms with Gasteiger partial charge in [0.25, 0.3) is 0 Å². The molecule has 1 fully saturated rings. The van der Waals surface area contributed by atoms with E-state index in [4.69, 9.17) is 0 Å². The molecule has 0 aromatic carbocycles. The third kappa shape index (κ3) is 2.58. The van der Waals surface area contributed by atoms with E-state index >= 15 is 0 Å². The second-order valence-corrected chi connectivity index (χ2v) is 5.91. The van der Waals surface area contributed by atoms with E-state index < -0.39 is 10.0 Å². The molecule has 3 nitrogen and oxygen atoms in total. The lowest BCUT2D eigenvalue weighted by atomic mass is 10.2. The van der Waals surface area contributed by atoms with Crippen molar-refractivity contribution in [3.05, 3.63) is 12.7 Å². The van der Waals surface area contributed by atoms with E-state index in [1.165, 1.54) is 0 Å². The molecule has 0 heterocycles. The first-order valence-electron chi connectivity index (χ1n) is 5.22. The molecule has 0 bridgehead atoms. The van der Waals surface area contributed by atoms with E-state index in [2.05, 4.69) is 6.58 Å². The van der Waals surface area contributed by atoms with Crippen LogP contribution in [0, 0.1) is 0 Å². The summed E-state index contributed by atoms with van der Waals surface area (Å²) in [5, 5.41) is 0. The summed E-state index contributed by atoms with van der Waals surface area (Å²) in [6, 6.07) is 0.220. The van der Waals surface area contributed by atoms with Crippen LogP contribution >= 0.6 is 0 Å². The average molecular weight is 217 g/mol. The Bertz CT molecular complexity index is 278. The van der Waals surface area contributed by atoms with Crippen LogP contribution in [0.1, 0.15) is 32.6 Å². The molecule has 0 atom stereocenters. The van der Waals surface area contributed by atoms with Gasteiger partial charge in [0.15, 0.2) is 0 Å². The summed E-state index contributed by atoms with van der Waals surface area (Å²) in [6.45, 7) is 5.77. The Kier molecular flexibility index (Phi) is 4.13. The summed E-state index contributed by atoms with van der Waals surface area (Å²) in [5.41, 5.74) is 0. The Balaban J connectivity index is 2.77. The van der Waals surface area contributed by atoms with Crippen LogP contribution in [0.3, 0.4) is 0 Å². The molecule has 0 spiro atoms. The third-order valence-corrected chi connectivity index (χ3v) is 4.65. The molecule has 14 heavy (non-hydrogen) atoms. The zero-order chi connectivity index (χ0) is 10.6. The van der Waals surface area contributed by atoms with E-state index in [9.17, 15) is 8.42 Å². The highest BCUT2D eigenvalue weighted by molar-refractivity contribution is 7.89. The van der Waals surface area contributed by atoms with Gasteiger partial charge in [-0.3, -0.25) is 0 Å². The lowest BCUT2D eigenvalue weighted by Gasteiger charge is -2.26. The van der Waals surface area contributed by atoms with Gasteiger partial charge in [-0.25, -0.2) is 8.42 Å². The monoisotopic (exact) mass is 217 g/mol. The quantitative estimate of drug-likeness (QED) is 0.658. The minimum atomic E-state index is -3.04. The molecule has 0 amide bonds. The number of rotatable bonds is 5.